The molecule has 0 atom stereocenters. The van der Waals surface area contributed by atoms with Gasteiger partial charge in [0.25, 0.3) is 0 Å². The molecular formula is C17H11BrCl2N2. The Morgan fingerprint density at radius 1 is 1.05 bits per heavy atom. The van der Waals surface area contributed by atoms with E-state index >= 15 is 0 Å². The van der Waals surface area contributed by atoms with Crippen molar-refractivity contribution in [3.8, 4) is 11.3 Å². The molecule has 1 N–H and O–H groups in total. The summed E-state index contributed by atoms with van der Waals surface area (Å²) in [6.45, 7) is 0. The average Bonchev–Trinajstić information content (AvgIpc) is 2.94. The summed E-state index contributed by atoms with van der Waals surface area (Å²) in [5.74, 6) is 0.765. The minimum absolute atomic E-state index is 0.596. The fraction of sp³-hybridized carbons (Fsp3) is 0. The predicted molar refractivity (Wildman–Crippen MR) is 97.1 cm³/mol. The molecule has 2 aromatic carbocycles. The van der Waals surface area contributed by atoms with Gasteiger partial charge >= 0.3 is 0 Å². The molecule has 0 aliphatic carbocycles. The van der Waals surface area contributed by atoms with Gasteiger partial charge in [-0.25, -0.2) is 4.98 Å². The number of H-pyrrole nitrogens is 1. The Morgan fingerprint density at radius 3 is 2.68 bits per heavy atom. The summed E-state index contributed by atoms with van der Waals surface area (Å²) in [7, 11) is 0. The van der Waals surface area contributed by atoms with Crippen LogP contribution in [-0.4, -0.2) is 9.97 Å². The Morgan fingerprint density at radius 2 is 1.91 bits per heavy atom. The van der Waals surface area contributed by atoms with Gasteiger partial charge in [-0.1, -0.05) is 57.3 Å². The highest BCUT2D eigenvalue weighted by atomic mass is 79.9. The molecule has 0 fully saturated rings. The van der Waals surface area contributed by atoms with Gasteiger partial charge in [0.1, 0.15) is 5.82 Å². The lowest BCUT2D eigenvalue weighted by atomic mass is 10.2. The SMILES string of the molecule is Clc1ccc(-c2cnc(/C=C/c3cccc(Br)c3)[nH]2)c(Cl)c1. The van der Waals surface area contributed by atoms with E-state index in [2.05, 4.69) is 25.9 Å². The number of imidazole rings is 1. The third-order valence-electron chi connectivity index (χ3n) is 3.10. The minimum atomic E-state index is 0.596. The normalized spacial score (nSPS) is 11.2. The number of rotatable bonds is 3. The number of hydrogen-bond acceptors (Lipinski definition) is 1. The summed E-state index contributed by atoms with van der Waals surface area (Å²) in [4.78, 5) is 7.59. The van der Waals surface area contributed by atoms with Crippen LogP contribution in [0.25, 0.3) is 23.4 Å². The molecule has 3 aromatic rings. The summed E-state index contributed by atoms with van der Waals surface area (Å²) in [6, 6.07) is 13.4. The number of halogens is 3. The zero-order valence-corrected chi connectivity index (χ0v) is 14.5. The minimum Gasteiger partial charge on any atom is -0.338 e. The molecule has 0 amide bonds. The van der Waals surface area contributed by atoms with Gasteiger partial charge in [0.2, 0.25) is 0 Å². The van der Waals surface area contributed by atoms with Crippen molar-refractivity contribution in [2.75, 3.05) is 0 Å². The van der Waals surface area contributed by atoms with Crippen molar-refractivity contribution in [1.29, 1.82) is 0 Å². The number of nitrogens with one attached hydrogen (secondary N) is 1. The van der Waals surface area contributed by atoms with Crippen LogP contribution in [-0.2, 0) is 0 Å². The van der Waals surface area contributed by atoms with Gasteiger partial charge in [-0.05, 0) is 42.0 Å². The lowest BCUT2D eigenvalue weighted by Crippen LogP contribution is -1.80. The van der Waals surface area contributed by atoms with Gasteiger partial charge in [-0.15, -0.1) is 0 Å². The van der Waals surface area contributed by atoms with Gasteiger partial charge in [-0.2, -0.15) is 0 Å². The van der Waals surface area contributed by atoms with E-state index in [4.69, 9.17) is 23.2 Å². The molecule has 22 heavy (non-hydrogen) atoms. The van der Waals surface area contributed by atoms with Crippen molar-refractivity contribution in [2.45, 2.75) is 0 Å². The fourth-order valence-corrected chi connectivity index (χ4v) is 2.98. The quantitative estimate of drug-likeness (QED) is 0.554. The van der Waals surface area contributed by atoms with Crippen LogP contribution in [0.5, 0.6) is 0 Å². The summed E-state index contributed by atoms with van der Waals surface area (Å²) < 4.78 is 1.04. The second-order valence-electron chi connectivity index (χ2n) is 4.69. The summed E-state index contributed by atoms with van der Waals surface area (Å²) in [5, 5.41) is 1.21. The standard InChI is InChI=1S/C17H11BrCl2N2/c18-12-3-1-2-11(8-12)4-7-17-21-10-16(22-17)14-6-5-13(19)9-15(14)20/h1-10H,(H,21,22)/b7-4+. The Balaban J connectivity index is 1.85. The second kappa shape index (κ2) is 6.69. The van der Waals surface area contributed by atoms with Crippen LogP contribution in [0.2, 0.25) is 10.0 Å². The first kappa shape index (κ1) is 15.3. The number of aromatic nitrogens is 2. The molecule has 3 rings (SSSR count). The maximum Gasteiger partial charge on any atom is 0.130 e. The van der Waals surface area contributed by atoms with Gasteiger partial charge in [0.15, 0.2) is 0 Å². The second-order valence-corrected chi connectivity index (χ2v) is 6.45. The van der Waals surface area contributed by atoms with E-state index in [0.29, 0.717) is 10.0 Å². The van der Waals surface area contributed by atoms with Gasteiger partial charge < -0.3 is 4.98 Å². The Labute approximate surface area is 146 Å². The smallest absolute Gasteiger partial charge is 0.130 e. The topological polar surface area (TPSA) is 28.7 Å². The molecule has 0 aliphatic heterocycles. The van der Waals surface area contributed by atoms with E-state index in [-0.39, 0.29) is 0 Å². The van der Waals surface area contributed by atoms with Gasteiger partial charge in [0, 0.05) is 15.1 Å². The van der Waals surface area contributed by atoms with Crippen LogP contribution < -0.4 is 0 Å². The van der Waals surface area contributed by atoms with Crippen LogP contribution in [0.4, 0.5) is 0 Å². The molecule has 1 heterocycles. The molecular weight excluding hydrogens is 383 g/mol. The molecule has 110 valence electrons. The molecule has 5 heteroatoms. The van der Waals surface area contributed by atoms with E-state index < -0.39 is 0 Å². The lowest BCUT2D eigenvalue weighted by molar-refractivity contribution is 1.27. The van der Waals surface area contributed by atoms with Crippen LogP contribution in [0.3, 0.4) is 0 Å². The highest BCUT2D eigenvalue weighted by Gasteiger charge is 2.06. The van der Waals surface area contributed by atoms with Crippen LogP contribution in [0.15, 0.2) is 53.1 Å². The van der Waals surface area contributed by atoms with Crippen molar-refractivity contribution < 1.29 is 0 Å². The lowest BCUT2D eigenvalue weighted by Gasteiger charge is -2.01. The molecule has 2 nitrogen and oxygen atoms in total. The van der Waals surface area contributed by atoms with Crippen LogP contribution in [0, 0.1) is 0 Å². The fourth-order valence-electron chi connectivity index (χ4n) is 2.05. The molecule has 0 saturated carbocycles. The third kappa shape index (κ3) is 3.61. The molecule has 0 spiro atoms. The van der Waals surface area contributed by atoms with E-state index in [0.717, 1.165) is 27.1 Å². The summed E-state index contributed by atoms with van der Waals surface area (Å²) in [5.41, 5.74) is 2.83. The number of nitrogens with zero attached hydrogens (tertiary/aromatic N) is 1. The first-order valence-electron chi connectivity index (χ1n) is 6.56. The van der Waals surface area contributed by atoms with Crippen molar-refractivity contribution in [2.24, 2.45) is 0 Å². The van der Waals surface area contributed by atoms with Crippen LogP contribution >= 0.6 is 39.1 Å². The van der Waals surface area contributed by atoms with E-state index in [1.165, 1.54) is 0 Å². The molecule has 0 radical (unpaired) electrons. The predicted octanol–water partition coefficient (Wildman–Crippen LogP) is 6.32. The maximum atomic E-state index is 6.21. The molecule has 0 aliphatic rings. The zero-order valence-electron chi connectivity index (χ0n) is 11.4. The van der Waals surface area contributed by atoms with E-state index in [1.807, 2.05) is 42.5 Å². The third-order valence-corrected chi connectivity index (χ3v) is 4.14. The Hall–Kier alpha value is -1.55. The van der Waals surface area contributed by atoms with Crippen molar-refractivity contribution in [3.05, 3.63) is 74.6 Å². The first-order valence-corrected chi connectivity index (χ1v) is 8.11. The highest BCUT2D eigenvalue weighted by Crippen LogP contribution is 2.29. The molecule has 0 unspecified atom stereocenters. The van der Waals surface area contributed by atoms with Crippen molar-refractivity contribution in [3.63, 3.8) is 0 Å². The number of aromatic amines is 1. The highest BCUT2D eigenvalue weighted by molar-refractivity contribution is 9.10. The zero-order chi connectivity index (χ0) is 15.5. The number of benzene rings is 2. The van der Waals surface area contributed by atoms with E-state index in [1.54, 1.807) is 18.3 Å². The number of hydrogen-bond donors (Lipinski definition) is 1. The van der Waals surface area contributed by atoms with Gasteiger partial charge in [0.05, 0.1) is 16.9 Å². The molecule has 0 bridgehead atoms. The van der Waals surface area contributed by atoms with Crippen molar-refractivity contribution >= 4 is 51.3 Å². The monoisotopic (exact) mass is 392 g/mol. The van der Waals surface area contributed by atoms with Crippen LogP contribution in [0.1, 0.15) is 11.4 Å². The first-order chi connectivity index (χ1) is 10.6. The average molecular weight is 394 g/mol. The summed E-state index contributed by atoms with van der Waals surface area (Å²) in [6.07, 6.45) is 5.68. The van der Waals surface area contributed by atoms with E-state index in [9.17, 15) is 0 Å². The molecule has 0 saturated heterocycles. The van der Waals surface area contributed by atoms with Gasteiger partial charge in [-0.3, -0.25) is 0 Å². The van der Waals surface area contributed by atoms with Crippen molar-refractivity contribution in [1.82, 2.24) is 9.97 Å². The molecule has 1 aromatic heterocycles. The Bertz CT molecular complexity index is 840. The summed E-state index contributed by atoms with van der Waals surface area (Å²) >= 11 is 15.6. The Kier molecular flexibility index (Phi) is 4.67. The maximum absolute atomic E-state index is 6.21. The largest absolute Gasteiger partial charge is 0.338 e.